The van der Waals surface area contributed by atoms with Crippen molar-refractivity contribution in [3.8, 4) is 0 Å². The highest BCUT2D eigenvalue weighted by molar-refractivity contribution is 5.79. The Balaban J connectivity index is 1.62. The zero-order valence-corrected chi connectivity index (χ0v) is 16.9. The molecule has 1 aliphatic carbocycles. The van der Waals surface area contributed by atoms with Crippen LogP contribution in [0.25, 0.3) is 0 Å². The number of ether oxygens (including phenoxy) is 1. The van der Waals surface area contributed by atoms with E-state index >= 15 is 0 Å². The smallest absolute Gasteiger partial charge is 0.191 e. The molecule has 2 heterocycles. The second-order valence-corrected chi connectivity index (χ2v) is 8.24. The summed E-state index contributed by atoms with van der Waals surface area (Å²) in [6, 6.07) is 0.641. The Kier molecular flexibility index (Phi) is 7.58. The highest BCUT2D eigenvalue weighted by Gasteiger charge is 2.38. The van der Waals surface area contributed by atoms with Gasteiger partial charge in [-0.1, -0.05) is 19.3 Å². The normalized spacial score (nSPS) is 28.2. The van der Waals surface area contributed by atoms with Gasteiger partial charge in [0.1, 0.15) is 0 Å². The number of nitrogens with one attached hydrogen (secondary N) is 2. The van der Waals surface area contributed by atoms with Crippen molar-refractivity contribution in [2.45, 2.75) is 63.5 Å². The second-order valence-electron chi connectivity index (χ2n) is 8.24. The molecule has 1 unspecified atom stereocenters. The first kappa shape index (κ1) is 19.9. The summed E-state index contributed by atoms with van der Waals surface area (Å²) in [6.45, 7) is 10.1. The molecule has 26 heavy (non-hydrogen) atoms. The van der Waals surface area contributed by atoms with Crippen LogP contribution in [0.5, 0.6) is 0 Å². The van der Waals surface area contributed by atoms with Gasteiger partial charge in [0.2, 0.25) is 0 Å². The molecule has 2 aliphatic heterocycles. The number of guanidine groups is 1. The molecule has 0 bridgehead atoms. The summed E-state index contributed by atoms with van der Waals surface area (Å²) in [5.74, 6) is 0.992. The number of likely N-dealkylation sites (tertiary alicyclic amines) is 1. The van der Waals surface area contributed by atoms with Crippen LogP contribution in [0, 0.1) is 0 Å². The fraction of sp³-hybridized carbons (Fsp3) is 0.950. The maximum Gasteiger partial charge on any atom is 0.191 e. The van der Waals surface area contributed by atoms with Crippen LogP contribution in [0.2, 0.25) is 0 Å². The zero-order chi connectivity index (χ0) is 18.2. The van der Waals surface area contributed by atoms with Crippen LogP contribution < -0.4 is 10.6 Å². The van der Waals surface area contributed by atoms with Crippen molar-refractivity contribution >= 4 is 5.96 Å². The molecule has 3 fully saturated rings. The van der Waals surface area contributed by atoms with Gasteiger partial charge in [0.05, 0.1) is 19.8 Å². The van der Waals surface area contributed by atoms with Crippen molar-refractivity contribution in [2.24, 2.45) is 4.99 Å². The van der Waals surface area contributed by atoms with Crippen LogP contribution in [0.3, 0.4) is 0 Å². The average Bonchev–Trinajstić information content (AvgIpc) is 3.10. The van der Waals surface area contributed by atoms with Gasteiger partial charge in [-0.2, -0.15) is 0 Å². The summed E-state index contributed by atoms with van der Waals surface area (Å²) < 4.78 is 5.60. The van der Waals surface area contributed by atoms with Gasteiger partial charge in [-0.3, -0.25) is 9.89 Å². The minimum atomic E-state index is 0.245. The highest BCUT2D eigenvalue weighted by Crippen LogP contribution is 2.34. The summed E-state index contributed by atoms with van der Waals surface area (Å²) in [4.78, 5) is 10.2. The van der Waals surface area contributed by atoms with E-state index in [1.165, 1.54) is 51.5 Å². The third-order valence-electron chi connectivity index (χ3n) is 6.52. The van der Waals surface area contributed by atoms with Crippen LogP contribution in [-0.2, 0) is 4.74 Å². The average molecular weight is 366 g/mol. The number of nitrogens with zero attached hydrogens (tertiary/aromatic N) is 3. The molecule has 6 nitrogen and oxygen atoms in total. The largest absolute Gasteiger partial charge is 0.379 e. The van der Waals surface area contributed by atoms with Crippen LogP contribution in [0.4, 0.5) is 0 Å². The molecule has 0 amide bonds. The topological polar surface area (TPSA) is 52.1 Å². The Labute approximate surface area is 159 Å². The van der Waals surface area contributed by atoms with Crippen molar-refractivity contribution in [3.05, 3.63) is 0 Å². The summed E-state index contributed by atoms with van der Waals surface area (Å²) in [7, 11) is 2.23. The zero-order valence-electron chi connectivity index (χ0n) is 16.9. The molecule has 1 saturated carbocycles. The van der Waals surface area contributed by atoms with E-state index in [1.807, 2.05) is 0 Å². The van der Waals surface area contributed by atoms with Gasteiger partial charge >= 0.3 is 0 Å². The highest BCUT2D eigenvalue weighted by atomic mass is 16.5. The number of hydrogen-bond donors (Lipinski definition) is 2. The molecule has 3 rings (SSSR count). The van der Waals surface area contributed by atoms with E-state index in [9.17, 15) is 0 Å². The van der Waals surface area contributed by atoms with Gasteiger partial charge in [0, 0.05) is 37.8 Å². The second kappa shape index (κ2) is 9.90. The molecule has 2 N–H and O–H groups in total. The summed E-state index contributed by atoms with van der Waals surface area (Å²) >= 11 is 0. The fourth-order valence-electron chi connectivity index (χ4n) is 4.84. The molecule has 150 valence electrons. The molecule has 0 radical (unpaired) electrons. The fourth-order valence-corrected chi connectivity index (χ4v) is 4.84. The lowest BCUT2D eigenvalue weighted by Crippen LogP contribution is -2.56. The standard InChI is InChI=1S/C20H39N5O/c1-3-21-19(22-16-18-8-7-11-24(18)2)23-17-20(9-5-4-6-10-20)25-12-14-26-15-13-25/h18H,3-17H2,1-2H3,(H2,21,22,23). The monoisotopic (exact) mass is 365 g/mol. The van der Waals surface area contributed by atoms with E-state index in [-0.39, 0.29) is 5.54 Å². The SMILES string of the molecule is CCNC(=NCC1(N2CCOCC2)CCCCC1)NCC1CCCN1C. The Bertz CT molecular complexity index is 443. The van der Waals surface area contributed by atoms with Gasteiger partial charge in [0.15, 0.2) is 5.96 Å². The van der Waals surface area contributed by atoms with Crippen molar-refractivity contribution in [1.82, 2.24) is 20.4 Å². The van der Waals surface area contributed by atoms with E-state index in [0.29, 0.717) is 6.04 Å². The Morgan fingerprint density at radius 3 is 2.50 bits per heavy atom. The maximum atomic E-state index is 5.60. The first-order chi connectivity index (χ1) is 12.7. The molecular weight excluding hydrogens is 326 g/mol. The van der Waals surface area contributed by atoms with E-state index in [1.54, 1.807) is 0 Å². The Morgan fingerprint density at radius 2 is 1.85 bits per heavy atom. The first-order valence-corrected chi connectivity index (χ1v) is 10.8. The summed E-state index contributed by atoms with van der Waals surface area (Å²) in [5, 5.41) is 7.07. The Hall–Kier alpha value is -0.850. The predicted octanol–water partition coefficient (Wildman–Crippen LogP) is 1.67. The summed E-state index contributed by atoms with van der Waals surface area (Å²) in [6.07, 6.45) is 9.22. The third kappa shape index (κ3) is 5.11. The molecule has 0 aromatic carbocycles. The Morgan fingerprint density at radius 1 is 1.08 bits per heavy atom. The molecule has 3 aliphatic rings. The minimum Gasteiger partial charge on any atom is -0.379 e. The maximum absolute atomic E-state index is 5.60. The molecule has 2 saturated heterocycles. The molecule has 0 spiro atoms. The van der Waals surface area contributed by atoms with Gasteiger partial charge in [-0.25, -0.2) is 0 Å². The van der Waals surface area contributed by atoms with Crippen molar-refractivity contribution < 1.29 is 4.74 Å². The van der Waals surface area contributed by atoms with Crippen LogP contribution in [0.1, 0.15) is 51.9 Å². The lowest BCUT2D eigenvalue weighted by molar-refractivity contribution is -0.0333. The quantitative estimate of drug-likeness (QED) is 0.554. The predicted molar refractivity (Wildman–Crippen MR) is 108 cm³/mol. The number of likely N-dealkylation sites (N-methyl/N-ethyl adjacent to an activating group) is 1. The van der Waals surface area contributed by atoms with E-state index in [0.717, 1.165) is 51.9 Å². The van der Waals surface area contributed by atoms with Crippen LogP contribution >= 0.6 is 0 Å². The van der Waals surface area contributed by atoms with Gasteiger partial charge in [-0.15, -0.1) is 0 Å². The lowest BCUT2D eigenvalue weighted by Gasteiger charge is -2.47. The minimum absolute atomic E-state index is 0.245. The lowest BCUT2D eigenvalue weighted by atomic mass is 9.80. The van der Waals surface area contributed by atoms with Gasteiger partial charge in [0.25, 0.3) is 0 Å². The number of morpholine rings is 1. The van der Waals surface area contributed by atoms with Crippen molar-refractivity contribution in [2.75, 3.05) is 59.5 Å². The van der Waals surface area contributed by atoms with E-state index < -0.39 is 0 Å². The summed E-state index contributed by atoms with van der Waals surface area (Å²) in [5.41, 5.74) is 0.245. The molecule has 1 atom stereocenters. The third-order valence-corrected chi connectivity index (χ3v) is 6.52. The van der Waals surface area contributed by atoms with Gasteiger partial charge in [-0.05, 0) is 46.2 Å². The van der Waals surface area contributed by atoms with E-state index in [2.05, 4.69) is 34.4 Å². The number of aliphatic imine (C=N–C) groups is 1. The van der Waals surface area contributed by atoms with Crippen molar-refractivity contribution in [3.63, 3.8) is 0 Å². The molecule has 6 heteroatoms. The molecular formula is C20H39N5O. The number of hydrogen-bond acceptors (Lipinski definition) is 4. The van der Waals surface area contributed by atoms with Crippen molar-refractivity contribution in [1.29, 1.82) is 0 Å². The molecule has 0 aromatic heterocycles. The van der Waals surface area contributed by atoms with Gasteiger partial charge < -0.3 is 20.3 Å². The first-order valence-electron chi connectivity index (χ1n) is 10.8. The molecule has 0 aromatic rings. The van der Waals surface area contributed by atoms with Crippen LogP contribution in [0.15, 0.2) is 4.99 Å². The van der Waals surface area contributed by atoms with E-state index in [4.69, 9.17) is 9.73 Å². The number of rotatable bonds is 6. The van der Waals surface area contributed by atoms with Crippen LogP contribution in [-0.4, -0.2) is 86.9 Å².